The number of methoxy groups -OCH3 is 1. The molecule has 2 N–H and O–H groups in total. The number of aromatic carboxylic acids is 1. The lowest BCUT2D eigenvalue weighted by molar-refractivity contribution is -0.124. The van der Waals surface area contributed by atoms with Crippen LogP contribution in [0.25, 0.3) is 0 Å². The third kappa shape index (κ3) is 2.83. The number of carboxylic acids is 1. The average Bonchev–Trinajstić information content (AvgIpc) is 2.53. The molecule has 1 heterocycles. The molecule has 17 heavy (non-hydrogen) atoms. The minimum absolute atomic E-state index is 0.157. The summed E-state index contributed by atoms with van der Waals surface area (Å²) in [5.41, 5.74) is 0.840. The highest BCUT2D eigenvalue weighted by molar-refractivity contribution is 7.16. The number of anilines is 1. The van der Waals surface area contributed by atoms with Gasteiger partial charge in [-0.3, -0.25) is 4.79 Å². The number of carbonyl (C=O) groups excluding carboxylic acids is 1. The first-order valence-corrected chi connectivity index (χ1v) is 5.87. The maximum atomic E-state index is 11.6. The van der Waals surface area contributed by atoms with Crippen molar-refractivity contribution in [3.8, 4) is 0 Å². The van der Waals surface area contributed by atoms with Crippen LogP contribution in [0.4, 0.5) is 5.00 Å². The summed E-state index contributed by atoms with van der Waals surface area (Å²) in [4.78, 5) is 23.6. The van der Waals surface area contributed by atoms with Gasteiger partial charge in [-0.25, -0.2) is 4.79 Å². The second kappa shape index (κ2) is 5.29. The van der Waals surface area contributed by atoms with Crippen molar-refractivity contribution in [2.45, 2.75) is 26.9 Å². The standard InChI is InChI=1S/C11H15NO4S/c1-5-7(3)17-10(8(5)11(14)15)12-9(13)6(2)16-4/h6H,1-4H3,(H,12,13)(H,14,15). The molecule has 0 aromatic carbocycles. The Balaban J connectivity index is 3.03. The van der Waals surface area contributed by atoms with Gasteiger partial charge in [-0.05, 0) is 26.3 Å². The van der Waals surface area contributed by atoms with E-state index < -0.39 is 12.1 Å². The van der Waals surface area contributed by atoms with Gasteiger partial charge in [-0.2, -0.15) is 0 Å². The summed E-state index contributed by atoms with van der Waals surface area (Å²) in [6.45, 7) is 5.15. The van der Waals surface area contributed by atoms with Crippen LogP contribution >= 0.6 is 11.3 Å². The summed E-state index contributed by atoms with van der Waals surface area (Å²) < 4.78 is 4.87. The van der Waals surface area contributed by atoms with Crippen LogP contribution in [-0.4, -0.2) is 30.2 Å². The molecule has 1 aromatic heterocycles. The molecule has 0 spiro atoms. The first-order valence-electron chi connectivity index (χ1n) is 5.05. The second-order valence-electron chi connectivity index (χ2n) is 3.66. The van der Waals surface area contributed by atoms with E-state index >= 15 is 0 Å². The number of aryl methyl sites for hydroxylation is 1. The van der Waals surface area contributed by atoms with Gasteiger partial charge in [0.2, 0.25) is 0 Å². The van der Waals surface area contributed by atoms with E-state index in [1.54, 1.807) is 13.8 Å². The van der Waals surface area contributed by atoms with Gasteiger partial charge >= 0.3 is 5.97 Å². The van der Waals surface area contributed by atoms with E-state index in [9.17, 15) is 9.59 Å². The van der Waals surface area contributed by atoms with E-state index in [0.717, 1.165) is 4.88 Å². The summed E-state index contributed by atoms with van der Waals surface area (Å²) in [7, 11) is 1.42. The molecular weight excluding hydrogens is 242 g/mol. The van der Waals surface area contributed by atoms with E-state index in [1.807, 2.05) is 6.92 Å². The van der Waals surface area contributed by atoms with Gasteiger partial charge in [0.25, 0.3) is 5.91 Å². The largest absolute Gasteiger partial charge is 0.478 e. The average molecular weight is 257 g/mol. The lowest BCUT2D eigenvalue weighted by Gasteiger charge is -2.09. The molecule has 0 aliphatic rings. The number of thiophene rings is 1. The Labute approximate surface area is 103 Å². The summed E-state index contributed by atoms with van der Waals surface area (Å²) in [5, 5.41) is 12.0. The number of amides is 1. The highest BCUT2D eigenvalue weighted by Crippen LogP contribution is 2.32. The molecule has 0 saturated heterocycles. The predicted octanol–water partition coefficient (Wildman–Crippen LogP) is 2.04. The van der Waals surface area contributed by atoms with Crippen LogP contribution in [0, 0.1) is 13.8 Å². The number of rotatable bonds is 4. The van der Waals surface area contributed by atoms with Gasteiger partial charge in [0, 0.05) is 12.0 Å². The van der Waals surface area contributed by atoms with Crippen molar-refractivity contribution in [1.82, 2.24) is 0 Å². The van der Waals surface area contributed by atoms with Crippen LogP contribution in [0.15, 0.2) is 0 Å². The molecule has 0 aliphatic carbocycles. The van der Waals surface area contributed by atoms with Crippen LogP contribution in [-0.2, 0) is 9.53 Å². The van der Waals surface area contributed by atoms with E-state index in [0.29, 0.717) is 10.6 Å². The van der Waals surface area contributed by atoms with Gasteiger partial charge in [0.05, 0.1) is 5.56 Å². The Bertz CT molecular complexity index is 453. The van der Waals surface area contributed by atoms with Crippen LogP contribution < -0.4 is 5.32 Å². The van der Waals surface area contributed by atoms with Crippen molar-refractivity contribution in [2.75, 3.05) is 12.4 Å². The number of nitrogens with one attached hydrogen (secondary N) is 1. The van der Waals surface area contributed by atoms with Crippen LogP contribution in [0.3, 0.4) is 0 Å². The molecular formula is C11H15NO4S. The lowest BCUT2D eigenvalue weighted by Crippen LogP contribution is -2.26. The highest BCUT2D eigenvalue weighted by atomic mass is 32.1. The Kier molecular flexibility index (Phi) is 4.25. The highest BCUT2D eigenvalue weighted by Gasteiger charge is 2.21. The van der Waals surface area contributed by atoms with E-state index in [1.165, 1.54) is 18.4 Å². The predicted molar refractivity (Wildman–Crippen MR) is 65.9 cm³/mol. The molecule has 1 atom stereocenters. The molecule has 6 heteroatoms. The molecule has 0 saturated carbocycles. The number of ether oxygens (including phenoxy) is 1. The zero-order valence-electron chi connectivity index (χ0n) is 10.2. The summed E-state index contributed by atoms with van der Waals surface area (Å²) in [6, 6.07) is 0. The SMILES string of the molecule is COC(C)C(=O)Nc1sc(C)c(C)c1C(=O)O. The fourth-order valence-corrected chi connectivity index (χ4v) is 2.35. The molecule has 1 amide bonds. The lowest BCUT2D eigenvalue weighted by atomic mass is 10.1. The zero-order chi connectivity index (χ0) is 13.2. The van der Waals surface area contributed by atoms with Crippen molar-refractivity contribution in [2.24, 2.45) is 0 Å². The fourth-order valence-electron chi connectivity index (χ4n) is 1.29. The van der Waals surface area contributed by atoms with Gasteiger partial charge in [-0.1, -0.05) is 0 Å². The first kappa shape index (κ1) is 13.7. The van der Waals surface area contributed by atoms with E-state index in [4.69, 9.17) is 9.84 Å². The van der Waals surface area contributed by atoms with Crippen LogP contribution in [0.2, 0.25) is 0 Å². The van der Waals surface area contributed by atoms with Crippen LogP contribution in [0.1, 0.15) is 27.7 Å². The molecule has 0 aliphatic heterocycles. The normalized spacial score (nSPS) is 12.2. The molecule has 0 radical (unpaired) electrons. The van der Waals surface area contributed by atoms with Crippen molar-refractivity contribution >= 4 is 28.2 Å². The molecule has 0 bridgehead atoms. The minimum atomic E-state index is -1.03. The molecule has 1 unspecified atom stereocenters. The monoisotopic (exact) mass is 257 g/mol. The molecule has 0 fully saturated rings. The van der Waals surface area contributed by atoms with Gasteiger partial charge in [0.1, 0.15) is 11.1 Å². The Morgan fingerprint density at radius 2 is 2.00 bits per heavy atom. The Morgan fingerprint density at radius 3 is 2.47 bits per heavy atom. The summed E-state index contributed by atoms with van der Waals surface area (Å²) in [5.74, 6) is -1.39. The maximum Gasteiger partial charge on any atom is 0.338 e. The van der Waals surface area contributed by atoms with E-state index in [2.05, 4.69) is 5.32 Å². The van der Waals surface area contributed by atoms with Gasteiger partial charge in [-0.15, -0.1) is 11.3 Å². The number of carboxylic acid groups (broad SMARTS) is 1. The van der Waals surface area contributed by atoms with Crippen molar-refractivity contribution < 1.29 is 19.4 Å². The van der Waals surface area contributed by atoms with Crippen molar-refractivity contribution in [3.05, 3.63) is 16.0 Å². The zero-order valence-corrected chi connectivity index (χ0v) is 11.0. The van der Waals surface area contributed by atoms with Crippen LogP contribution in [0.5, 0.6) is 0 Å². The number of hydrogen-bond donors (Lipinski definition) is 2. The molecule has 1 aromatic rings. The van der Waals surface area contributed by atoms with E-state index in [-0.39, 0.29) is 11.5 Å². The topological polar surface area (TPSA) is 75.6 Å². The quantitative estimate of drug-likeness (QED) is 0.865. The molecule has 5 nitrogen and oxygen atoms in total. The van der Waals surface area contributed by atoms with Crippen molar-refractivity contribution in [3.63, 3.8) is 0 Å². The summed E-state index contributed by atoms with van der Waals surface area (Å²) >= 11 is 1.26. The Morgan fingerprint density at radius 1 is 1.41 bits per heavy atom. The molecule has 94 valence electrons. The summed E-state index contributed by atoms with van der Waals surface area (Å²) in [6.07, 6.45) is -0.612. The second-order valence-corrected chi connectivity index (χ2v) is 4.88. The Hall–Kier alpha value is -1.40. The number of hydrogen-bond acceptors (Lipinski definition) is 4. The fraction of sp³-hybridized carbons (Fsp3) is 0.455. The molecule has 1 rings (SSSR count). The van der Waals surface area contributed by atoms with Gasteiger partial charge in [0.15, 0.2) is 0 Å². The van der Waals surface area contributed by atoms with Crippen molar-refractivity contribution in [1.29, 1.82) is 0 Å². The third-order valence-electron chi connectivity index (χ3n) is 2.56. The maximum absolute atomic E-state index is 11.6. The smallest absolute Gasteiger partial charge is 0.338 e. The minimum Gasteiger partial charge on any atom is -0.478 e. The number of carbonyl (C=O) groups is 2. The van der Waals surface area contributed by atoms with Gasteiger partial charge < -0.3 is 15.2 Å². The first-order chi connectivity index (χ1) is 7.88. The third-order valence-corrected chi connectivity index (χ3v) is 3.68.